The second-order valence-corrected chi connectivity index (χ2v) is 4.83. The van der Waals surface area contributed by atoms with Gasteiger partial charge >= 0.3 is 0 Å². The smallest absolute Gasteiger partial charge is 0.137 e. The normalized spacial score (nSPS) is 10.4. The molecule has 0 amide bonds. The lowest BCUT2D eigenvalue weighted by atomic mass is 10.2. The Kier molecular flexibility index (Phi) is 3.51. The van der Waals surface area contributed by atoms with Crippen LogP contribution in [0.15, 0.2) is 18.2 Å². The third-order valence-corrected chi connectivity index (χ3v) is 3.76. The van der Waals surface area contributed by atoms with Crippen LogP contribution in [0, 0.1) is 6.92 Å². The van der Waals surface area contributed by atoms with Crippen LogP contribution in [0.5, 0.6) is 5.75 Å². The molecule has 0 spiro atoms. The van der Waals surface area contributed by atoms with Crippen LogP contribution in [0.4, 0.5) is 5.00 Å². The van der Waals surface area contributed by atoms with E-state index >= 15 is 0 Å². The molecule has 4 nitrogen and oxygen atoms in total. The highest BCUT2D eigenvalue weighted by molar-refractivity contribution is 7.19. The summed E-state index contributed by atoms with van der Waals surface area (Å²) in [5.74, 6) is 6.05. The predicted octanol–water partition coefficient (Wildman–Crippen LogP) is 3.07. The van der Waals surface area contributed by atoms with Gasteiger partial charge in [-0.3, -0.25) is 0 Å². The maximum atomic E-state index is 6.07. The number of hydrogen-bond acceptors (Lipinski definition) is 5. The minimum atomic E-state index is 0.570. The summed E-state index contributed by atoms with van der Waals surface area (Å²) in [6.45, 7) is 1.90. The first-order valence-corrected chi connectivity index (χ1v) is 6.13. The predicted molar refractivity (Wildman–Crippen MR) is 71.7 cm³/mol. The molecular formula is C11H12ClN3OS. The lowest BCUT2D eigenvalue weighted by Gasteiger charge is -2.03. The number of benzene rings is 1. The summed E-state index contributed by atoms with van der Waals surface area (Å²) in [6.07, 6.45) is 0. The number of nitrogens with two attached hydrogens (primary N) is 1. The van der Waals surface area contributed by atoms with Crippen molar-refractivity contribution in [3.63, 3.8) is 0 Å². The van der Waals surface area contributed by atoms with Gasteiger partial charge in [0.1, 0.15) is 15.8 Å². The molecule has 0 radical (unpaired) electrons. The van der Waals surface area contributed by atoms with E-state index in [4.69, 9.17) is 22.2 Å². The summed E-state index contributed by atoms with van der Waals surface area (Å²) in [7, 11) is 1.59. The van der Waals surface area contributed by atoms with E-state index in [2.05, 4.69) is 10.4 Å². The van der Waals surface area contributed by atoms with Gasteiger partial charge in [-0.05, 0) is 25.1 Å². The summed E-state index contributed by atoms with van der Waals surface area (Å²) in [4.78, 5) is 4.42. The van der Waals surface area contributed by atoms with Gasteiger partial charge in [0.05, 0.1) is 17.8 Å². The summed E-state index contributed by atoms with van der Waals surface area (Å²) in [6, 6.07) is 5.58. The van der Waals surface area contributed by atoms with Crippen LogP contribution < -0.4 is 16.0 Å². The molecule has 0 saturated heterocycles. The van der Waals surface area contributed by atoms with E-state index in [0.29, 0.717) is 10.8 Å². The molecule has 6 heteroatoms. The topological polar surface area (TPSA) is 60.2 Å². The van der Waals surface area contributed by atoms with Crippen LogP contribution in [0.3, 0.4) is 0 Å². The van der Waals surface area contributed by atoms with Crippen molar-refractivity contribution in [3.8, 4) is 16.3 Å². The fraction of sp³-hybridized carbons (Fsp3) is 0.182. The van der Waals surface area contributed by atoms with Gasteiger partial charge in [0.2, 0.25) is 0 Å². The second-order valence-electron chi connectivity index (χ2n) is 3.43. The highest BCUT2D eigenvalue weighted by Crippen LogP contribution is 2.34. The van der Waals surface area contributed by atoms with Gasteiger partial charge in [0.25, 0.3) is 0 Å². The Morgan fingerprint density at radius 3 is 2.76 bits per heavy atom. The average Bonchev–Trinajstić information content (AvgIpc) is 2.70. The van der Waals surface area contributed by atoms with E-state index in [0.717, 1.165) is 21.3 Å². The number of nitrogens with zero attached hydrogens (tertiary/aromatic N) is 1. The van der Waals surface area contributed by atoms with Crippen molar-refractivity contribution in [2.24, 2.45) is 5.84 Å². The second kappa shape index (κ2) is 4.91. The third kappa shape index (κ3) is 2.36. The number of hydrazine groups is 1. The van der Waals surface area contributed by atoms with Crippen LogP contribution in [-0.4, -0.2) is 12.1 Å². The largest absolute Gasteiger partial charge is 0.495 e. The monoisotopic (exact) mass is 269 g/mol. The standard InChI is InChI=1S/C11H12ClN3OS/c1-6-10(15-13)17-11(14-6)7-3-4-9(16-2)8(12)5-7/h3-5,15H,13H2,1-2H3. The Morgan fingerprint density at radius 2 is 2.24 bits per heavy atom. The minimum absolute atomic E-state index is 0.570. The Labute approximate surface area is 108 Å². The maximum Gasteiger partial charge on any atom is 0.137 e. The van der Waals surface area contributed by atoms with Crippen LogP contribution in [0.2, 0.25) is 5.02 Å². The number of nitrogen functional groups attached to an aromatic ring is 1. The van der Waals surface area contributed by atoms with Crippen molar-refractivity contribution in [1.82, 2.24) is 4.98 Å². The molecule has 3 N–H and O–H groups in total. The van der Waals surface area contributed by atoms with Crippen molar-refractivity contribution in [2.45, 2.75) is 6.92 Å². The molecular weight excluding hydrogens is 258 g/mol. The fourth-order valence-corrected chi connectivity index (χ4v) is 2.58. The number of aromatic nitrogens is 1. The summed E-state index contributed by atoms with van der Waals surface area (Å²) in [5, 5.41) is 2.30. The van der Waals surface area contributed by atoms with E-state index < -0.39 is 0 Å². The van der Waals surface area contributed by atoms with Crippen LogP contribution >= 0.6 is 22.9 Å². The number of halogens is 1. The highest BCUT2D eigenvalue weighted by atomic mass is 35.5. The van der Waals surface area contributed by atoms with Gasteiger partial charge in [-0.2, -0.15) is 0 Å². The molecule has 0 saturated carbocycles. The molecule has 2 aromatic rings. The molecule has 1 aromatic heterocycles. The number of hydrogen-bond donors (Lipinski definition) is 2. The molecule has 0 aliphatic heterocycles. The number of thiazole rings is 1. The van der Waals surface area contributed by atoms with E-state index in [-0.39, 0.29) is 0 Å². The SMILES string of the molecule is COc1ccc(-c2nc(C)c(NN)s2)cc1Cl. The summed E-state index contributed by atoms with van der Waals surface area (Å²) in [5.41, 5.74) is 4.44. The summed E-state index contributed by atoms with van der Waals surface area (Å²) < 4.78 is 5.10. The third-order valence-electron chi connectivity index (χ3n) is 2.33. The van der Waals surface area contributed by atoms with Gasteiger partial charge in [0.15, 0.2) is 0 Å². The Balaban J connectivity index is 2.42. The zero-order valence-corrected chi connectivity index (χ0v) is 11.0. The highest BCUT2D eigenvalue weighted by Gasteiger charge is 2.10. The average molecular weight is 270 g/mol. The number of methoxy groups -OCH3 is 1. The molecule has 2 rings (SSSR count). The first kappa shape index (κ1) is 12.2. The number of rotatable bonds is 3. The van der Waals surface area contributed by atoms with Gasteiger partial charge in [-0.25, -0.2) is 10.8 Å². The molecule has 0 fully saturated rings. The molecule has 90 valence electrons. The van der Waals surface area contributed by atoms with Crippen LogP contribution in [0.25, 0.3) is 10.6 Å². The molecule has 0 aliphatic rings. The zero-order chi connectivity index (χ0) is 12.4. The number of ether oxygens (including phenoxy) is 1. The Bertz CT molecular complexity index is 542. The van der Waals surface area contributed by atoms with E-state index in [9.17, 15) is 0 Å². The minimum Gasteiger partial charge on any atom is -0.495 e. The fourth-order valence-electron chi connectivity index (χ4n) is 1.45. The number of anilines is 1. The maximum absolute atomic E-state index is 6.07. The first-order chi connectivity index (χ1) is 8.15. The van der Waals surface area contributed by atoms with Gasteiger partial charge in [0, 0.05) is 5.56 Å². The molecule has 17 heavy (non-hydrogen) atoms. The van der Waals surface area contributed by atoms with Crippen LogP contribution in [-0.2, 0) is 0 Å². The van der Waals surface area contributed by atoms with Crippen molar-refractivity contribution < 1.29 is 4.74 Å². The van der Waals surface area contributed by atoms with Gasteiger partial charge < -0.3 is 10.2 Å². The molecule has 0 unspecified atom stereocenters. The Morgan fingerprint density at radius 1 is 1.47 bits per heavy atom. The van der Waals surface area contributed by atoms with Gasteiger partial charge in [-0.1, -0.05) is 22.9 Å². The number of nitrogens with one attached hydrogen (secondary N) is 1. The van der Waals surface area contributed by atoms with Crippen molar-refractivity contribution >= 4 is 27.9 Å². The van der Waals surface area contributed by atoms with Crippen LogP contribution in [0.1, 0.15) is 5.69 Å². The molecule has 0 atom stereocenters. The summed E-state index contributed by atoms with van der Waals surface area (Å²) >= 11 is 7.56. The van der Waals surface area contributed by atoms with Gasteiger partial charge in [-0.15, -0.1) is 0 Å². The lowest BCUT2D eigenvalue weighted by Crippen LogP contribution is -2.05. The molecule has 1 heterocycles. The zero-order valence-electron chi connectivity index (χ0n) is 9.45. The quantitative estimate of drug-likeness (QED) is 0.664. The van der Waals surface area contributed by atoms with Crippen molar-refractivity contribution in [3.05, 3.63) is 28.9 Å². The van der Waals surface area contributed by atoms with E-state index in [1.807, 2.05) is 25.1 Å². The number of aryl methyl sites for hydroxylation is 1. The van der Waals surface area contributed by atoms with E-state index in [1.54, 1.807) is 7.11 Å². The molecule has 1 aromatic carbocycles. The van der Waals surface area contributed by atoms with Crippen molar-refractivity contribution in [2.75, 3.05) is 12.5 Å². The van der Waals surface area contributed by atoms with Crippen molar-refractivity contribution in [1.29, 1.82) is 0 Å². The molecule has 0 aliphatic carbocycles. The lowest BCUT2D eigenvalue weighted by molar-refractivity contribution is 0.415. The van der Waals surface area contributed by atoms with E-state index in [1.165, 1.54) is 11.3 Å². The Hall–Kier alpha value is -1.30. The first-order valence-electron chi connectivity index (χ1n) is 4.93. The molecule has 0 bridgehead atoms.